The maximum absolute atomic E-state index is 12.0. The van der Waals surface area contributed by atoms with E-state index < -0.39 is 48.7 Å². The van der Waals surface area contributed by atoms with Gasteiger partial charge in [0.1, 0.15) is 30.5 Å². The number of rotatable bonds is 12. The number of hydrogen-bond donors (Lipinski definition) is 6. The van der Waals surface area contributed by atoms with Gasteiger partial charge < -0.3 is 42.8 Å². The lowest BCUT2D eigenvalue weighted by molar-refractivity contribution is -0.149. The van der Waals surface area contributed by atoms with E-state index in [4.69, 9.17) is 37.5 Å². The van der Waals surface area contributed by atoms with Crippen molar-refractivity contribution in [3.8, 4) is 5.75 Å². The molecule has 0 saturated carbocycles. The summed E-state index contributed by atoms with van der Waals surface area (Å²) in [5.41, 5.74) is 22.4. The van der Waals surface area contributed by atoms with Crippen LogP contribution in [0, 0.1) is 0 Å². The molecule has 12 heteroatoms. The molecule has 2 amide bonds. The predicted octanol–water partition coefficient (Wildman–Crippen LogP) is -1.81. The van der Waals surface area contributed by atoms with Crippen molar-refractivity contribution < 1.29 is 33.8 Å². The summed E-state index contributed by atoms with van der Waals surface area (Å²) in [6, 6.07) is 2.42. The highest BCUT2D eigenvalue weighted by molar-refractivity contribution is 5.78. The molecule has 0 radical (unpaired) electrons. The van der Waals surface area contributed by atoms with Crippen molar-refractivity contribution >= 4 is 23.9 Å². The summed E-state index contributed by atoms with van der Waals surface area (Å²) in [6.45, 7) is -0.175. The Morgan fingerprint density at radius 3 is 2.17 bits per heavy atom. The lowest BCUT2D eigenvalue weighted by Gasteiger charge is -2.14. The fraction of sp³-hybridized carbons (Fsp3) is 0.444. The second-order valence-corrected chi connectivity index (χ2v) is 6.49. The maximum Gasteiger partial charge on any atom is 0.328 e. The molecule has 0 aliphatic carbocycles. The zero-order valence-electron chi connectivity index (χ0n) is 16.3. The number of carbonyl (C=O) groups is 4. The molecule has 166 valence electrons. The highest BCUT2D eigenvalue weighted by Gasteiger charge is 2.20. The van der Waals surface area contributed by atoms with Crippen LogP contribution in [0.4, 0.5) is 4.79 Å². The van der Waals surface area contributed by atoms with Crippen LogP contribution in [0.25, 0.3) is 0 Å². The van der Waals surface area contributed by atoms with Gasteiger partial charge in [-0.15, -0.1) is 0 Å². The Morgan fingerprint density at radius 1 is 0.967 bits per heavy atom. The molecule has 0 aliphatic rings. The predicted molar refractivity (Wildman–Crippen MR) is 105 cm³/mol. The van der Waals surface area contributed by atoms with Gasteiger partial charge in [-0.05, 0) is 37.0 Å². The van der Waals surface area contributed by atoms with Gasteiger partial charge in [-0.3, -0.25) is 9.59 Å². The number of aliphatic carboxylic acids is 1. The molecular weight excluding hydrogens is 398 g/mol. The quantitative estimate of drug-likeness (QED) is 0.125. The molecule has 1 aromatic carbocycles. The van der Waals surface area contributed by atoms with E-state index in [-0.39, 0.29) is 12.2 Å². The first kappa shape index (κ1) is 24.8. The third-order valence-electron chi connectivity index (χ3n) is 3.92. The number of carbonyl (C=O) groups excluding carboxylic acids is 3. The second kappa shape index (κ2) is 12.4. The molecule has 0 spiro atoms. The Bertz CT molecular complexity index is 741. The number of esters is 2. The lowest BCUT2D eigenvalue weighted by atomic mass is 10.1. The first-order valence-corrected chi connectivity index (χ1v) is 9.10. The van der Waals surface area contributed by atoms with Crippen LogP contribution >= 0.6 is 0 Å². The minimum Gasteiger partial charge on any atom is -0.480 e. The van der Waals surface area contributed by atoms with E-state index in [1.165, 1.54) is 12.1 Å². The Labute approximate surface area is 172 Å². The zero-order valence-corrected chi connectivity index (χ0v) is 16.3. The Balaban J connectivity index is 2.44. The van der Waals surface area contributed by atoms with Crippen LogP contribution in [-0.4, -0.2) is 60.3 Å². The van der Waals surface area contributed by atoms with Gasteiger partial charge in [-0.1, -0.05) is 12.1 Å². The van der Waals surface area contributed by atoms with Gasteiger partial charge in [0.25, 0.3) is 0 Å². The summed E-state index contributed by atoms with van der Waals surface area (Å²) in [5.74, 6) is -2.43. The fourth-order valence-corrected chi connectivity index (χ4v) is 2.22. The van der Waals surface area contributed by atoms with Gasteiger partial charge >= 0.3 is 23.9 Å². The Kier molecular flexibility index (Phi) is 10.2. The van der Waals surface area contributed by atoms with E-state index in [0.29, 0.717) is 24.9 Å². The average Bonchev–Trinajstić information content (AvgIpc) is 2.69. The molecular formula is C18H27N5O7. The molecule has 0 saturated heterocycles. The van der Waals surface area contributed by atoms with E-state index in [1.807, 2.05) is 0 Å². The van der Waals surface area contributed by atoms with E-state index in [0.717, 1.165) is 0 Å². The number of ether oxygens (including phenoxy) is 2. The first-order chi connectivity index (χ1) is 14.1. The summed E-state index contributed by atoms with van der Waals surface area (Å²) < 4.78 is 9.95. The summed E-state index contributed by atoms with van der Waals surface area (Å²) in [4.78, 5) is 44.9. The average molecular weight is 425 g/mol. The number of amides is 2. The van der Waals surface area contributed by atoms with Gasteiger partial charge in [-0.2, -0.15) is 0 Å². The number of hydrogen-bond acceptors (Lipinski definition) is 9. The summed E-state index contributed by atoms with van der Waals surface area (Å²) in [5, 5.41) is 11.0. The van der Waals surface area contributed by atoms with Gasteiger partial charge in [-0.25, -0.2) is 9.59 Å². The number of carboxylic acid groups (broad SMARTS) is 1. The van der Waals surface area contributed by atoms with Crippen LogP contribution in [0.5, 0.6) is 5.75 Å². The number of primary amides is 1. The van der Waals surface area contributed by atoms with Crippen molar-refractivity contribution in [3.63, 3.8) is 0 Å². The smallest absolute Gasteiger partial charge is 0.328 e. The number of benzene rings is 1. The van der Waals surface area contributed by atoms with Crippen LogP contribution in [0.15, 0.2) is 24.3 Å². The van der Waals surface area contributed by atoms with Crippen molar-refractivity contribution in [3.05, 3.63) is 29.8 Å². The normalized spacial score (nSPS) is 13.6. The van der Waals surface area contributed by atoms with E-state index in [1.54, 1.807) is 12.1 Å². The van der Waals surface area contributed by atoms with Gasteiger partial charge in [0, 0.05) is 6.54 Å². The third kappa shape index (κ3) is 9.32. The molecule has 0 fully saturated rings. The van der Waals surface area contributed by atoms with Gasteiger partial charge in [0.15, 0.2) is 0 Å². The molecule has 30 heavy (non-hydrogen) atoms. The monoisotopic (exact) mass is 425 g/mol. The van der Waals surface area contributed by atoms with Crippen molar-refractivity contribution in [1.29, 1.82) is 0 Å². The van der Waals surface area contributed by atoms with Crippen molar-refractivity contribution in [2.75, 3.05) is 13.2 Å². The lowest BCUT2D eigenvalue weighted by Crippen LogP contribution is -2.40. The minimum atomic E-state index is -1.32. The fourth-order valence-electron chi connectivity index (χ4n) is 2.22. The van der Waals surface area contributed by atoms with E-state index in [2.05, 4.69) is 5.32 Å². The highest BCUT2D eigenvalue weighted by Crippen LogP contribution is 2.14. The van der Waals surface area contributed by atoms with Crippen LogP contribution in [0.2, 0.25) is 0 Å². The first-order valence-electron chi connectivity index (χ1n) is 9.10. The highest BCUT2D eigenvalue weighted by atomic mass is 16.5. The Morgan fingerprint density at radius 2 is 1.60 bits per heavy atom. The molecule has 0 unspecified atom stereocenters. The molecule has 0 aliphatic heterocycles. The van der Waals surface area contributed by atoms with Crippen molar-refractivity contribution in [1.82, 2.24) is 5.32 Å². The summed E-state index contributed by atoms with van der Waals surface area (Å²) >= 11 is 0. The number of urea groups is 1. The molecule has 0 heterocycles. The van der Waals surface area contributed by atoms with Crippen LogP contribution < -0.4 is 33.0 Å². The molecule has 0 bridgehead atoms. The molecule has 0 aromatic heterocycles. The molecule has 1 rings (SSSR count). The summed E-state index contributed by atoms with van der Waals surface area (Å²) in [6.07, 6.45) is 0.894. The van der Waals surface area contributed by atoms with Crippen molar-refractivity contribution in [2.45, 2.75) is 37.4 Å². The van der Waals surface area contributed by atoms with Crippen molar-refractivity contribution in [2.24, 2.45) is 22.9 Å². The van der Waals surface area contributed by atoms with E-state index >= 15 is 0 Å². The van der Waals surface area contributed by atoms with Gasteiger partial charge in [0.05, 0.1) is 0 Å². The molecule has 1 aromatic rings. The standard InChI is InChI=1S/C18H27N5O7/c19-12(2-1-7-23-18(22)28)17(27)30-11-5-3-10(4-6-11)8-13(20)16(26)29-9-14(21)15(24)25/h3-6,12-14H,1-2,7-9,19-21H2,(H,24,25)(H3,22,23,28)/t12-,13+,14+/m1/s1. The molecule has 12 nitrogen and oxygen atoms in total. The van der Waals surface area contributed by atoms with Crippen LogP contribution in [0.1, 0.15) is 18.4 Å². The number of nitrogens with two attached hydrogens (primary N) is 4. The zero-order chi connectivity index (χ0) is 22.7. The molecule has 10 N–H and O–H groups in total. The van der Waals surface area contributed by atoms with Crippen LogP contribution in [0.3, 0.4) is 0 Å². The Hall–Kier alpha value is -3.22. The SMILES string of the molecule is NC(=O)NCCC[C@@H](N)C(=O)Oc1ccc(C[C@H](N)C(=O)OC[C@H](N)C(=O)O)cc1. The maximum atomic E-state index is 12.0. The minimum absolute atomic E-state index is 0.127. The number of carboxylic acids is 1. The second-order valence-electron chi connectivity index (χ2n) is 6.49. The van der Waals surface area contributed by atoms with Gasteiger partial charge in [0.2, 0.25) is 0 Å². The topological polar surface area (TPSA) is 223 Å². The van der Waals surface area contributed by atoms with Crippen LogP contribution in [-0.2, 0) is 25.5 Å². The summed E-state index contributed by atoms with van der Waals surface area (Å²) in [7, 11) is 0. The third-order valence-corrected chi connectivity index (χ3v) is 3.92. The van der Waals surface area contributed by atoms with E-state index in [9.17, 15) is 19.2 Å². The number of nitrogens with one attached hydrogen (secondary N) is 1. The molecule has 3 atom stereocenters. The largest absolute Gasteiger partial charge is 0.480 e.